The monoisotopic (exact) mass is 483 g/mol. The van der Waals surface area contributed by atoms with Crippen LogP contribution < -0.4 is 10.2 Å². The van der Waals surface area contributed by atoms with Gasteiger partial charge < -0.3 is 15.0 Å². The summed E-state index contributed by atoms with van der Waals surface area (Å²) in [6.07, 6.45) is 4.30. The third-order valence-electron chi connectivity index (χ3n) is 7.16. The van der Waals surface area contributed by atoms with Crippen LogP contribution in [-0.2, 0) is 11.3 Å². The molecule has 6 rings (SSSR count). The van der Waals surface area contributed by atoms with Gasteiger partial charge in [-0.05, 0) is 61.8 Å². The molecule has 178 valence electrons. The van der Waals surface area contributed by atoms with E-state index in [4.69, 9.17) is 26.4 Å². The van der Waals surface area contributed by atoms with E-state index in [1.54, 1.807) is 12.4 Å². The first-order valence-corrected chi connectivity index (χ1v) is 12.2. The molecular weight excluding hydrogens is 457 g/mol. The Balaban J connectivity index is 1.22. The first-order valence-electron chi connectivity index (χ1n) is 11.9. The SMILES string of the molecule is Cc1cc(N2C[C@H]3CC[C@@H](C2)[C@@H]3Nc2nc3n(n2)CCCO[C@H]3c2cc(F)cc(Cl)c2)ncn1. The van der Waals surface area contributed by atoms with Gasteiger partial charge in [-0.3, -0.25) is 0 Å². The molecule has 34 heavy (non-hydrogen) atoms. The van der Waals surface area contributed by atoms with E-state index in [0.29, 0.717) is 53.4 Å². The van der Waals surface area contributed by atoms with Crippen molar-refractivity contribution in [2.75, 3.05) is 29.9 Å². The molecule has 2 aromatic heterocycles. The number of hydrogen-bond acceptors (Lipinski definition) is 7. The van der Waals surface area contributed by atoms with Crippen molar-refractivity contribution in [2.24, 2.45) is 11.8 Å². The lowest BCUT2D eigenvalue weighted by atomic mass is 9.92. The maximum Gasteiger partial charge on any atom is 0.242 e. The van der Waals surface area contributed by atoms with Crippen molar-refractivity contribution in [1.82, 2.24) is 24.7 Å². The predicted molar refractivity (Wildman–Crippen MR) is 126 cm³/mol. The average molecular weight is 484 g/mol. The molecule has 1 aromatic carbocycles. The lowest BCUT2D eigenvalue weighted by Crippen LogP contribution is -2.48. The smallest absolute Gasteiger partial charge is 0.242 e. The van der Waals surface area contributed by atoms with Crippen molar-refractivity contribution in [3.63, 3.8) is 0 Å². The number of ether oxygens (including phenoxy) is 1. The van der Waals surface area contributed by atoms with Crippen LogP contribution in [-0.4, -0.2) is 50.5 Å². The van der Waals surface area contributed by atoms with Crippen molar-refractivity contribution in [2.45, 2.75) is 44.9 Å². The fourth-order valence-corrected chi connectivity index (χ4v) is 5.87. The second kappa shape index (κ2) is 8.78. The van der Waals surface area contributed by atoms with Gasteiger partial charge in [-0.25, -0.2) is 19.0 Å². The van der Waals surface area contributed by atoms with Gasteiger partial charge in [0, 0.05) is 49.1 Å². The molecule has 3 aromatic rings. The summed E-state index contributed by atoms with van der Waals surface area (Å²) in [5.74, 6) is 2.90. The van der Waals surface area contributed by atoms with E-state index in [2.05, 4.69) is 26.3 Å². The first-order chi connectivity index (χ1) is 16.5. The van der Waals surface area contributed by atoms with Gasteiger partial charge >= 0.3 is 0 Å². The normalized spacial score (nSPS) is 26.3. The highest BCUT2D eigenvalue weighted by Crippen LogP contribution is 2.40. The second-order valence-corrected chi connectivity index (χ2v) is 9.95. The number of rotatable bonds is 4. The summed E-state index contributed by atoms with van der Waals surface area (Å²) in [7, 11) is 0. The molecule has 0 unspecified atom stereocenters. The van der Waals surface area contributed by atoms with Crippen LogP contribution in [0.2, 0.25) is 5.02 Å². The molecule has 2 bridgehead atoms. The second-order valence-electron chi connectivity index (χ2n) is 9.51. The van der Waals surface area contributed by atoms with Crippen LogP contribution in [0.25, 0.3) is 0 Å². The highest BCUT2D eigenvalue weighted by Gasteiger charge is 2.43. The molecule has 4 heterocycles. The number of piperidine rings is 1. The van der Waals surface area contributed by atoms with E-state index < -0.39 is 6.10 Å². The lowest BCUT2D eigenvalue weighted by Gasteiger charge is -2.38. The van der Waals surface area contributed by atoms with Gasteiger partial charge in [-0.15, -0.1) is 5.10 Å². The Morgan fingerprint density at radius 2 is 1.94 bits per heavy atom. The van der Waals surface area contributed by atoms with Crippen LogP contribution >= 0.6 is 11.6 Å². The van der Waals surface area contributed by atoms with Crippen LogP contribution in [0, 0.1) is 24.6 Å². The number of aryl methyl sites for hydroxylation is 2. The Bertz CT molecular complexity index is 1170. The van der Waals surface area contributed by atoms with Gasteiger partial charge in [0.1, 0.15) is 24.1 Å². The number of aromatic nitrogens is 5. The number of halogens is 2. The minimum absolute atomic E-state index is 0.314. The van der Waals surface area contributed by atoms with Crippen molar-refractivity contribution in [3.8, 4) is 0 Å². The predicted octanol–water partition coefficient (Wildman–Crippen LogP) is 4.01. The lowest BCUT2D eigenvalue weighted by molar-refractivity contribution is 0.0810. The van der Waals surface area contributed by atoms with E-state index in [9.17, 15) is 4.39 Å². The van der Waals surface area contributed by atoms with Crippen molar-refractivity contribution < 1.29 is 9.13 Å². The minimum Gasteiger partial charge on any atom is -0.365 e. The van der Waals surface area contributed by atoms with Gasteiger partial charge in [0.25, 0.3) is 0 Å². The van der Waals surface area contributed by atoms with E-state index in [1.165, 1.54) is 25.0 Å². The Hall–Kier alpha value is -2.78. The summed E-state index contributed by atoms with van der Waals surface area (Å²) in [6, 6.07) is 6.86. The number of fused-ring (bicyclic) bond motifs is 3. The summed E-state index contributed by atoms with van der Waals surface area (Å²) >= 11 is 6.11. The zero-order valence-electron chi connectivity index (χ0n) is 19.0. The first kappa shape index (κ1) is 21.7. The quantitative estimate of drug-likeness (QED) is 0.600. The zero-order valence-corrected chi connectivity index (χ0v) is 19.7. The van der Waals surface area contributed by atoms with Crippen molar-refractivity contribution >= 4 is 23.4 Å². The van der Waals surface area contributed by atoms with E-state index >= 15 is 0 Å². The Morgan fingerprint density at radius 1 is 1.12 bits per heavy atom. The molecule has 0 spiro atoms. The Labute approximate surface area is 202 Å². The van der Waals surface area contributed by atoms with Crippen LogP contribution in [0.1, 0.15) is 42.4 Å². The topological polar surface area (TPSA) is 81.0 Å². The van der Waals surface area contributed by atoms with Gasteiger partial charge in [0.05, 0.1) is 0 Å². The summed E-state index contributed by atoms with van der Waals surface area (Å²) in [6.45, 7) is 5.16. The number of nitrogens with zero attached hydrogens (tertiary/aromatic N) is 6. The van der Waals surface area contributed by atoms with Crippen LogP contribution in [0.5, 0.6) is 0 Å². The Kier molecular flexibility index (Phi) is 5.61. The zero-order chi connectivity index (χ0) is 23.2. The maximum atomic E-state index is 14.0. The summed E-state index contributed by atoms with van der Waals surface area (Å²) in [5, 5.41) is 8.75. The molecule has 1 saturated heterocycles. The molecule has 8 nitrogen and oxygen atoms in total. The molecule has 2 fully saturated rings. The fourth-order valence-electron chi connectivity index (χ4n) is 5.64. The summed E-state index contributed by atoms with van der Waals surface area (Å²) in [5.41, 5.74) is 1.64. The molecule has 3 aliphatic rings. The van der Waals surface area contributed by atoms with E-state index in [-0.39, 0.29) is 5.82 Å². The maximum absolute atomic E-state index is 14.0. The summed E-state index contributed by atoms with van der Waals surface area (Å²) < 4.78 is 22.0. The number of nitrogens with one attached hydrogen (secondary N) is 1. The highest BCUT2D eigenvalue weighted by molar-refractivity contribution is 6.30. The fraction of sp³-hybridized carbons (Fsp3) is 0.500. The molecule has 1 aliphatic carbocycles. The molecule has 10 heteroatoms. The van der Waals surface area contributed by atoms with Crippen molar-refractivity contribution in [3.05, 3.63) is 58.5 Å². The standard InChI is InChI=1S/C24H27ClFN7O/c1-14-7-20(28-13-27-14)32-11-15-3-4-16(12-32)21(15)29-24-30-23-22(34-6-2-5-33(23)31-24)17-8-18(25)10-19(26)9-17/h7-10,13,15-16,21-22H,2-6,11-12H2,1H3,(H,29,31)/t15-,16+,21-,22-/m0/s1. The molecule has 4 atom stereocenters. The molecule has 1 N–H and O–H groups in total. The third kappa shape index (κ3) is 4.11. The molecular formula is C24H27ClFN7O. The van der Waals surface area contributed by atoms with Crippen molar-refractivity contribution in [1.29, 1.82) is 0 Å². The largest absolute Gasteiger partial charge is 0.365 e. The van der Waals surface area contributed by atoms with Gasteiger partial charge in [-0.2, -0.15) is 4.98 Å². The number of anilines is 2. The Morgan fingerprint density at radius 3 is 2.71 bits per heavy atom. The highest BCUT2D eigenvalue weighted by atomic mass is 35.5. The average Bonchev–Trinajstić information content (AvgIpc) is 3.20. The molecule has 2 aliphatic heterocycles. The van der Waals surface area contributed by atoms with Crippen LogP contribution in [0.3, 0.4) is 0 Å². The minimum atomic E-state index is -0.502. The van der Waals surface area contributed by atoms with E-state index in [0.717, 1.165) is 31.0 Å². The molecule has 1 saturated carbocycles. The van der Waals surface area contributed by atoms with E-state index in [1.807, 2.05) is 11.6 Å². The molecule has 0 radical (unpaired) electrons. The van der Waals surface area contributed by atoms with Gasteiger partial charge in [-0.1, -0.05) is 11.6 Å². The van der Waals surface area contributed by atoms with Crippen LogP contribution in [0.4, 0.5) is 16.2 Å². The number of hydrogen-bond donors (Lipinski definition) is 1. The van der Waals surface area contributed by atoms with Gasteiger partial charge in [0.2, 0.25) is 5.95 Å². The summed E-state index contributed by atoms with van der Waals surface area (Å²) in [4.78, 5) is 15.9. The third-order valence-corrected chi connectivity index (χ3v) is 7.38. The number of benzene rings is 1. The molecule has 0 amide bonds. The van der Waals surface area contributed by atoms with Crippen LogP contribution in [0.15, 0.2) is 30.6 Å². The van der Waals surface area contributed by atoms with Gasteiger partial charge in [0.15, 0.2) is 5.82 Å².